The first-order valence-electron chi connectivity index (χ1n) is 10.6. The van der Waals surface area contributed by atoms with E-state index in [4.69, 9.17) is 10.5 Å². The normalized spacial score (nSPS) is 16.2. The number of nitrogens with two attached hydrogens (primary N) is 1. The van der Waals surface area contributed by atoms with Crippen LogP contribution >= 0.6 is 0 Å². The third-order valence-electron chi connectivity index (χ3n) is 5.61. The molecule has 168 valence electrons. The summed E-state index contributed by atoms with van der Waals surface area (Å²) in [6, 6.07) is 5.56. The van der Waals surface area contributed by atoms with E-state index in [0.717, 1.165) is 41.8 Å². The number of aromatic nitrogens is 4. The Morgan fingerprint density at radius 2 is 2.12 bits per heavy atom. The van der Waals surface area contributed by atoms with Crippen LogP contribution in [0.5, 0.6) is 5.88 Å². The lowest BCUT2D eigenvalue weighted by molar-refractivity contribution is -0.122. The average Bonchev–Trinajstić information content (AvgIpc) is 3.08. The summed E-state index contributed by atoms with van der Waals surface area (Å²) in [6.07, 6.45) is 3.29. The molecule has 1 aliphatic heterocycles. The van der Waals surface area contributed by atoms with Crippen LogP contribution in [0.1, 0.15) is 24.1 Å². The molecule has 10 heteroatoms. The van der Waals surface area contributed by atoms with Crippen LogP contribution in [0.3, 0.4) is 0 Å². The molecule has 1 atom stereocenters. The molecule has 0 aliphatic carbocycles. The molecule has 1 aliphatic rings. The molecule has 0 saturated carbocycles. The van der Waals surface area contributed by atoms with Gasteiger partial charge in [-0.05, 0) is 50.5 Å². The lowest BCUT2D eigenvalue weighted by Gasteiger charge is -2.32. The van der Waals surface area contributed by atoms with Gasteiger partial charge in [-0.3, -0.25) is 9.59 Å². The first kappa shape index (κ1) is 21.5. The molecule has 0 bridgehead atoms. The Labute approximate surface area is 185 Å². The summed E-state index contributed by atoms with van der Waals surface area (Å²) in [5.74, 6) is 0.379. The topological polar surface area (TPSA) is 128 Å². The van der Waals surface area contributed by atoms with E-state index in [9.17, 15) is 9.59 Å². The zero-order valence-corrected chi connectivity index (χ0v) is 18.5. The van der Waals surface area contributed by atoms with Gasteiger partial charge in [0.15, 0.2) is 12.3 Å². The van der Waals surface area contributed by atoms with E-state index in [-0.39, 0.29) is 24.3 Å². The summed E-state index contributed by atoms with van der Waals surface area (Å²) in [5, 5.41) is 7.93. The van der Waals surface area contributed by atoms with Crippen LogP contribution < -0.4 is 20.7 Å². The number of aryl methyl sites for hydroxylation is 3. The standard InChI is InChI=1S/C22H27N7O3/c1-13-9-14(2)25-21-19(13)22(27-28(21)3)32-12-18(30)26-16-6-7-17(24-10-16)29-8-4-5-15(11-29)20(23)31/h6-7,9-10,15H,4-5,8,11-12H2,1-3H3,(H2,23,31)(H,26,30). The molecule has 1 fully saturated rings. The van der Waals surface area contributed by atoms with Crippen LogP contribution in [-0.4, -0.2) is 51.3 Å². The molecule has 0 radical (unpaired) electrons. The first-order chi connectivity index (χ1) is 15.3. The maximum Gasteiger partial charge on any atom is 0.262 e. The highest BCUT2D eigenvalue weighted by Crippen LogP contribution is 2.27. The summed E-state index contributed by atoms with van der Waals surface area (Å²) in [6.45, 7) is 5.09. The minimum absolute atomic E-state index is 0.160. The van der Waals surface area contributed by atoms with E-state index >= 15 is 0 Å². The van der Waals surface area contributed by atoms with E-state index in [1.807, 2.05) is 30.9 Å². The fourth-order valence-electron chi connectivity index (χ4n) is 4.05. The van der Waals surface area contributed by atoms with Crippen LogP contribution in [0, 0.1) is 19.8 Å². The number of carbonyl (C=O) groups excluding carboxylic acids is 2. The van der Waals surface area contributed by atoms with Crippen molar-refractivity contribution in [1.82, 2.24) is 19.7 Å². The summed E-state index contributed by atoms with van der Waals surface area (Å²) in [5.41, 5.74) is 8.61. The number of nitrogens with zero attached hydrogens (tertiary/aromatic N) is 5. The second-order valence-electron chi connectivity index (χ2n) is 8.14. The summed E-state index contributed by atoms with van der Waals surface area (Å²) in [7, 11) is 1.79. The number of pyridine rings is 2. The molecular formula is C22H27N7O3. The lowest BCUT2D eigenvalue weighted by Crippen LogP contribution is -2.41. The molecule has 32 heavy (non-hydrogen) atoms. The van der Waals surface area contributed by atoms with Gasteiger partial charge in [0, 0.05) is 25.8 Å². The van der Waals surface area contributed by atoms with Crippen molar-refractivity contribution in [3.05, 3.63) is 35.7 Å². The largest absolute Gasteiger partial charge is 0.466 e. The van der Waals surface area contributed by atoms with Gasteiger partial charge in [-0.25, -0.2) is 14.6 Å². The fraction of sp³-hybridized carbons (Fsp3) is 0.409. The second kappa shape index (κ2) is 8.81. The predicted molar refractivity (Wildman–Crippen MR) is 120 cm³/mol. The number of amides is 2. The first-order valence-corrected chi connectivity index (χ1v) is 10.6. The molecule has 4 heterocycles. The van der Waals surface area contributed by atoms with E-state index in [1.54, 1.807) is 24.0 Å². The Kier molecular flexibility index (Phi) is 5.93. The van der Waals surface area contributed by atoms with Gasteiger partial charge in [-0.15, -0.1) is 5.10 Å². The van der Waals surface area contributed by atoms with Crippen molar-refractivity contribution in [2.75, 3.05) is 29.9 Å². The smallest absolute Gasteiger partial charge is 0.262 e. The number of fused-ring (bicyclic) bond motifs is 1. The SMILES string of the molecule is Cc1cc(C)c2c(OCC(=O)Nc3ccc(N4CCCC(C(N)=O)C4)nc3)nn(C)c2n1. The van der Waals surface area contributed by atoms with Gasteiger partial charge in [0.25, 0.3) is 5.91 Å². The zero-order valence-electron chi connectivity index (χ0n) is 18.5. The van der Waals surface area contributed by atoms with Crippen molar-refractivity contribution in [2.24, 2.45) is 18.7 Å². The Bertz CT molecular complexity index is 1160. The van der Waals surface area contributed by atoms with Crippen LogP contribution in [0.15, 0.2) is 24.4 Å². The highest BCUT2D eigenvalue weighted by molar-refractivity contribution is 5.92. The van der Waals surface area contributed by atoms with Crippen molar-refractivity contribution < 1.29 is 14.3 Å². The molecule has 1 unspecified atom stereocenters. The summed E-state index contributed by atoms with van der Waals surface area (Å²) < 4.78 is 7.34. The number of nitrogens with one attached hydrogen (secondary N) is 1. The van der Waals surface area contributed by atoms with Crippen molar-refractivity contribution in [3.8, 4) is 5.88 Å². The average molecular weight is 438 g/mol. The molecule has 3 aromatic rings. The predicted octanol–water partition coefficient (Wildman–Crippen LogP) is 1.70. The number of carbonyl (C=O) groups is 2. The van der Waals surface area contributed by atoms with Gasteiger partial charge >= 0.3 is 0 Å². The van der Waals surface area contributed by atoms with E-state index in [2.05, 4.69) is 20.4 Å². The summed E-state index contributed by atoms with van der Waals surface area (Å²) in [4.78, 5) is 34.8. The van der Waals surface area contributed by atoms with Crippen LogP contribution in [0.2, 0.25) is 0 Å². The molecule has 3 aromatic heterocycles. The molecule has 1 saturated heterocycles. The maximum atomic E-state index is 12.4. The third kappa shape index (κ3) is 4.48. The number of anilines is 2. The van der Waals surface area contributed by atoms with Crippen molar-refractivity contribution in [2.45, 2.75) is 26.7 Å². The van der Waals surface area contributed by atoms with E-state index in [1.165, 1.54) is 0 Å². The van der Waals surface area contributed by atoms with Gasteiger partial charge in [-0.2, -0.15) is 0 Å². The molecule has 0 aromatic carbocycles. The number of rotatable bonds is 6. The van der Waals surface area contributed by atoms with E-state index in [0.29, 0.717) is 23.8 Å². The minimum Gasteiger partial charge on any atom is -0.466 e. The zero-order chi connectivity index (χ0) is 22.8. The Balaban J connectivity index is 1.37. The Hall–Kier alpha value is -3.69. The van der Waals surface area contributed by atoms with E-state index < -0.39 is 0 Å². The van der Waals surface area contributed by atoms with Gasteiger partial charge in [0.1, 0.15) is 5.82 Å². The quantitative estimate of drug-likeness (QED) is 0.601. The molecular weight excluding hydrogens is 410 g/mol. The Morgan fingerprint density at radius 1 is 1.31 bits per heavy atom. The number of hydrogen-bond donors (Lipinski definition) is 2. The number of ether oxygens (including phenoxy) is 1. The van der Waals surface area contributed by atoms with Crippen molar-refractivity contribution in [1.29, 1.82) is 0 Å². The minimum atomic E-state index is -0.317. The highest BCUT2D eigenvalue weighted by atomic mass is 16.5. The molecule has 0 spiro atoms. The molecule has 2 amide bonds. The van der Waals surface area contributed by atoms with Crippen LogP contribution in [0.4, 0.5) is 11.5 Å². The maximum absolute atomic E-state index is 12.4. The molecule has 4 rings (SSSR count). The monoisotopic (exact) mass is 437 g/mol. The second-order valence-corrected chi connectivity index (χ2v) is 8.14. The van der Waals surface area contributed by atoms with Gasteiger partial charge in [0.2, 0.25) is 11.8 Å². The third-order valence-corrected chi connectivity index (χ3v) is 5.61. The highest BCUT2D eigenvalue weighted by Gasteiger charge is 2.24. The van der Waals surface area contributed by atoms with Crippen LogP contribution in [0.25, 0.3) is 11.0 Å². The fourth-order valence-corrected chi connectivity index (χ4v) is 4.05. The van der Waals surface area contributed by atoms with Gasteiger partial charge in [-0.1, -0.05) is 0 Å². The molecule has 10 nitrogen and oxygen atoms in total. The molecule has 3 N–H and O–H groups in total. The summed E-state index contributed by atoms with van der Waals surface area (Å²) >= 11 is 0. The number of piperidine rings is 1. The van der Waals surface area contributed by atoms with Crippen LogP contribution in [-0.2, 0) is 16.6 Å². The number of hydrogen-bond acceptors (Lipinski definition) is 7. The Morgan fingerprint density at radius 3 is 2.84 bits per heavy atom. The van der Waals surface area contributed by atoms with Crippen molar-refractivity contribution in [3.63, 3.8) is 0 Å². The lowest BCUT2D eigenvalue weighted by atomic mass is 9.97. The number of primary amides is 1. The van der Waals surface area contributed by atoms with Crippen molar-refractivity contribution >= 4 is 34.4 Å². The van der Waals surface area contributed by atoms with Gasteiger partial charge < -0.3 is 20.7 Å². The van der Waals surface area contributed by atoms with Gasteiger partial charge in [0.05, 0.1) is 23.2 Å².